The average molecular weight is 295 g/mol. The lowest BCUT2D eigenvalue weighted by Crippen LogP contribution is -2.23. The van der Waals surface area contributed by atoms with Crippen molar-refractivity contribution in [3.63, 3.8) is 0 Å². The molecule has 3 rings (SSSR count). The van der Waals surface area contributed by atoms with Gasteiger partial charge in [0.15, 0.2) is 11.5 Å². The van der Waals surface area contributed by atoms with Gasteiger partial charge in [0.25, 0.3) is 0 Å². The molecule has 4 heteroatoms. The van der Waals surface area contributed by atoms with Gasteiger partial charge in [-0.05, 0) is 35.8 Å². The fourth-order valence-corrected chi connectivity index (χ4v) is 2.22. The van der Waals surface area contributed by atoms with E-state index in [4.69, 9.17) is 9.47 Å². The molecule has 0 aliphatic carbocycles. The highest BCUT2D eigenvalue weighted by molar-refractivity contribution is 5.91. The van der Waals surface area contributed by atoms with Gasteiger partial charge in [0, 0.05) is 12.6 Å². The van der Waals surface area contributed by atoms with Crippen molar-refractivity contribution in [3.8, 4) is 11.5 Å². The number of rotatable bonds is 5. The molecule has 0 bridgehead atoms. The molecule has 2 aromatic carbocycles. The van der Waals surface area contributed by atoms with Crippen molar-refractivity contribution >= 4 is 12.0 Å². The molecule has 1 N–H and O–H groups in total. The molecule has 0 saturated heterocycles. The molecule has 1 aliphatic rings. The van der Waals surface area contributed by atoms with E-state index in [9.17, 15) is 4.79 Å². The molecule has 0 unspecified atom stereocenters. The summed E-state index contributed by atoms with van der Waals surface area (Å²) >= 11 is 0. The summed E-state index contributed by atoms with van der Waals surface area (Å²) in [6.07, 6.45) is 4.12. The van der Waals surface area contributed by atoms with Crippen molar-refractivity contribution in [2.24, 2.45) is 0 Å². The van der Waals surface area contributed by atoms with Crippen LogP contribution in [0, 0.1) is 0 Å². The quantitative estimate of drug-likeness (QED) is 0.863. The zero-order chi connectivity index (χ0) is 15.2. The fraction of sp³-hybridized carbons (Fsp3) is 0.167. The molecule has 0 fully saturated rings. The molecular formula is C18H17NO3. The van der Waals surface area contributed by atoms with Gasteiger partial charge in [-0.15, -0.1) is 0 Å². The van der Waals surface area contributed by atoms with Crippen LogP contribution in [0.5, 0.6) is 11.5 Å². The minimum Gasteiger partial charge on any atom is -0.454 e. The van der Waals surface area contributed by atoms with Crippen molar-refractivity contribution in [2.45, 2.75) is 6.42 Å². The Kier molecular flexibility index (Phi) is 4.39. The average Bonchev–Trinajstić information content (AvgIpc) is 3.01. The Bertz CT molecular complexity index is 680. The molecule has 0 spiro atoms. The molecule has 4 nitrogen and oxygen atoms in total. The van der Waals surface area contributed by atoms with E-state index in [0.29, 0.717) is 12.3 Å². The van der Waals surface area contributed by atoms with Gasteiger partial charge in [0.1, 0.15) is 0 Å². The number of hydrogen-bond donors (Lipinski definition) is 1. The molecule has 0 aromatic heterocycles. The van der Waals surface area contributed by atoms with Crippen LogP contribution in [0.2, 0.25) is 0 Å². The van der Waals surface area contributed by atoms with Gasteiger partial charge in [-0.1, -0.05) is 36.4 Å². The van der Waals surface area contributed by atoms with Crippen LogP contribution in [-0.4, -0.2) is 19.2 Å². The highest BCUT2D eigenvalue weighted by Crippen LogP contribution is 2.32. The van der Waals surface area contributed by atoms with Crippen molar-refractivity contribution in [3.05, 3.63) is 65.7 Å². The SMILES string of the molecule is O=C(C=Cc1ccc2c(c1)OCO2)NCCc1ccccc1. The van der Waals surface area contributed by atoms with Gasteiger partial charge >= 0.3 is 0 Å². The Morgan fingerprint density at radius 2 is 1.91 bits per heavy atom. The number of ether oxygens (including phenoxy) is 2. The topological polar surface area (TPSA) is 47.6 Å². The summed E-state index contributed by atoms with van der Waals surface area (Å²) in [6, 6.07) is 15.7. The summed E-state index contributed by atoms with van der Waals surface area (Å²) in [6.45, 7) is 0.872. The number of amides is 1. The molecule has 1 aliphatic heterocycles. The molecule has 1 amide bonds. The van der Waals surface area contributed by atoms with Gasteiger partial charge in [0.05, 0.1) is 0 Å². The Morgan fingerprint density at radius 3 is 2.77 bits per heavy atom. The van der Waals surface area contributed by atoms with Gasteiger partial charge < -0.3 is 14.8 Å². The number of carbonyl (C=O) groups excluding carboxylic acids is 1. The van der Waals surface area contributed by atoms with Gasteiger partial charge in [0.2, 0.25) is 12.7 Å². The maximum Gasteiger partial charge on any atom is 0.244 e. The van der Waals surface area contributed by atoms with Gasteiger partial charge in [-0.3, -0.25) is 4.79 Å². The van der Waals surface area contributed by atoms with Crippen molar-refractivity contribution < 1.29 is 14.3 Å². The molecule has 1 heterocycles. The summed E-state index contributed by atoms with van der Waals surface area (Å²) in [5, 5.41) is 2.87. The van der Waals surface area contributed by atoms with Crippen molar-refractivity contribution in [1.29, 1.82) is 0 Å². The second kappa shape index (κ2) is 6.80. The van der Waals surface area contributed by atoms with Crippen LogP contribution in [0.25, 0.3) is 6.08 Å². The van der Waals surface area contributed by atoms with E-state index in [0.717, 1.165) is 17.7 Å². The first kappa shape index (κ1) is 14.2. The van der Waals surface area contributed by atoms with E-state index in [1.807, 2.05) is 36.4 Å². The van der Waals surface area contributed by atoms with E-state index in [1.54, 1.807) is 6.08 Å². The number of fused-ring (bicyclic) bond motifs is 1. The number of benzene rings is 2. The highest BCUT2D eigenvalue weighted by atomic mass is 16.7. The lowest BCUT2D eigenvalue weighted by molar-refractivity contribution is -0.116. The second-order valence-corrected chi connectivity index (χ2v) is 4.97. The Labute approximate surface area is 129 Å². The summed E-state index contributed by atoms with van der Waals surface area (Å²) in [5.41, 5.74) is 2.12. The van der Waals surface area contributed by atoms with E-state index >= 15 is 0 Å². The maximum absolute atomic E-state index is 11.8. The summed E-state index contributed by atoms with van der Waals surface area (Å²) in [7, 11) is 0. The Hall–Kier alpha value is -2.75. The van der Waals surface area contributed by atoms with E-state index in [2.05, 4.69) is 17.4 Å². The zero-order valence-corrected chi connectivity index (χ0v) is 12.1. The van der Waals surface area contributed by atoms with Crippen LogP contribution in [0.3, 0.4) is 0 Å². The number of nitrogens with one attached hydrogen (secondary N) is 1. The van der Waals surface area contributed by atoms with E-state index in [-0.39, 0.29) is 12.7 Å². The van der Waals surface area contributed by atoms with E-state index < -0.39 is 0 Å². The predicted molar refractivity (Wildman–Crippen MR) is 84.8 cm³/mol. The first-order chi connectivity index (χ1) is 10.8. The lowest BCUT2D eigenvalue weighted by Gasteiger charge is -2.02. The van der Waals surface area contributed by atoms with Gasteiger partial charge in [-0.25, -0.2) is 0 Å². The predicted octanol–water partition coefficient (Wildman–Crippen LogP) is 2.79. The summed E-state index contributed by atoms with van der Waals surface area (Å²) in [5.74, 6) is 1.35. The first-order valence-electron chi connectivity index (χ1n) is 7.21. The van der Waals surface area contributed by atoms with Crippen LogP contribution >= 0.6 is 0 Å². The molecule has 2 aromatic rings. The standard InChI is InChI=1S/C18H17NO3/c20-18(19-11-10-14-4-2-1-3-5-14)9-7-15-6-8-16-17(12-15)22-13-21-16/h1-9,12H,10-11,13H2,(H,19,20). The van der Waals surface area contributed by atoms with Gasteiger partial charge in [-0.2, -0.15) is 0 Å². The molecule has 112 valence electrons. The number of hydrogen-bond acceptors (Lipinski definition) is 3. The van der Waals surface area contributed by atoms with Crippen LogP contribution in [-0.2, 0) is 11.2 Å². The van der Waals surface area contributed by atoms with Crippen LogP contribution in [0.4, 0.5) is 0 Å². The van der Waals surface area contributed by atoms with Crippen LogP contribution in [0.15, 0.2) is 54.6 Å². The largest absolute Gasteiger partial charge is 0.454 e. The lowest BCUT2D eigenvalue weighted by atomic mass is 10.1. The molecular weight excluding hydrogens is 278 g/mol. The highest BCUT2D eigenvalue weighted by Gasteiger charge is 2.12. The summed E-state index contributed by atoms with van der Waals surface area (Å²) < 4.78 is 10.6. The van der Waals surface area contributed by atoms with Crippen molar-refractivity contribution in [1.82, 2.24) is 5.32 Å². The third-order valence-electron chi connectivity index (χ3n) is 3.38. The molecule has 0 radical (unpaired) electrons. The van der Waals surface area contributed by atoms with Crippen LogP contribution < -0.4 is 14.8 Å². The number of carbonyl (C=O) groups is 1. The maximum atomic E-state index is 11.8. The van der Waals surface area contributed by atoms with E-state index in [1.165, 1.54) is 11.6 Å². The molecule has 0 atom stereocenters. The minimum absolute atomic E-state index is 0.103. The monoisotopic (exact) mass is 295 g/mol. The first-order valence-corrected chi connectivity index (χ1v) is 7.21. The van der Waals surface area contributed by atoms with Crippen LogP contribution in [0.1, 0.15) is 11.1 Å². The van der Waals surface area contributed by atoms with Crippen molar-refractivity contribution in [2.75, 3.05) is 13.3 Å². The molecule has 0 saturated carbocycles. The smallest absolute Gasteiger partial charge is 0.244 e. The minimum atomic E-state index is -0.103. The Balaban J connectivity index is 1.49. The fourth-order valence-electron chi connectivity index (χ4n) is 2.22. The second-order valence-electron chi connectivity index (χ2n) is 4.97. The Morgan fingerprint density at radius 1 is 1.09 bits per heavy atom. The third kappa shape index (κ3) is 3.67. The summed E-state index contributed by atoms with van der Waals surface area (Å²) in [4.78, 5) is 11.8. The third-order valence-corrected chi connectivity index (χ3v) is 3.38. The molecule has 22 heavy (non-hydrogen) atoms. The normalized spacial score (nSPS) is 12.5. The zero-order valence-electron chi connectivity index (χ0n) is 12.1.